The Kier molecular flexibility index (Phi) is 3.97. The first kappa shape index (κ1) is 12.3. The summed E-state index contributed by atoms with van der Waals surface area (Å²) in [6.07, 6.45) is 4.97. The number of anilines is 1. The van der Waals surface area contributed by atoms with Gasteiger partial charge in [0.15, 0.2) is 0 Å². The Morgan fingerprint density at radius 1 is 1.35 bits per heavy atom. The van der Waals surface area contributed by atoms with E-state index in [1.807, 2.05) is 0 Å². The van der Waals surface area contributed by atoms with Crippen LogP contribution in [0.3, 0.4) is 0 Å². The van der Waals surface area contributed by atoms with E-state index in [1.54, 1.807) is 0 Å². The maximum absolute atomic E-state index is 4.71. The molecule has 3 nitrogen and oxygen atoms in total. The topological polar surface area (TPSA) is 37.8 Å². The van der Waals surface area contributed by atoms with Crippen LogP contribution in [0.25, 0.3) is 0 Å². The van der Waals surface area contributed by atoms with Gasteiger partial charge in [-0.1, -0.05) is 27.2 Å². The van der Waals surface area contributed by atoms with E-state index < -0.39 is 0 Å². The molecule has 1 fully saturated rings. The summed E-state index contributed by atoms with van der Waals surface area (Å²) in [6.45, 7) is 7.54. The van der Waals surface area contributed by atoms with Crippen molar-refractivity contribution in [2.24, 2.45) is 0 Å². The fourth-order valence-corrected chi connectivity index (χ4v) is 1.97. The molecule has 1 aromatic heterocycles. The number of nitrogens with one attached hydrogen (secondary N) is 1. The van der Waals surface area contributed by atoms with Crippen molar-refractivity contribution in [1.82, 2.24) is 9.97 Å². The third kappa shape index (κ3) is 2.96. The monoisotopic (exact) mass is 233 g/mol. The highest BCUT2D eigenvalue weighted by Crippen LogP contribution is 2.35. The van der Waals surface area contributed by atoms with Gasteiger partial charge in [0.05, 0.1) is 0 Å². The predicted octanol–water partition coefficient (Wildman–Crippen LogP) is 3.69. The van der Waals surface area contributed by atoms with Crippen molar-refractivity contribution in [3.05, 3.63) is 17.6 Å². The lowest BCUT2D eigenvalue weighted by molar-refractivity contribution is 0.400. The standard InChI is InChI=1S/C14H23N3/c1-4-8-15-13-9-12(10(2)3)16-14(17-13)11-6-5-7-11/h9-11H,4-8H2,1-3H3,(H,15,16,17). The molecule has 1 N–H and O–H groups in total. The van der Waals surface area contributed by atoms with E-state index in [0.29, 0.717) is 11.8 Å². The zero-order chi connectivity index (χ0) is 12.3. The molecule has 0 spiro atoms. The van der Waals surface area contributed by atoms with E-state index >= 15 is 0 Å². The van der Waals surface area contributed by atoms with Gasteiger partial charge in [0.2, 0.25) is 0 Å². The highest BCUT2D eigenvalue weighted by Gasteiger charge is 2.23. The van der Waals surface area contributed by atoms with E-state index in [0.717, 1.165) is 24.6 Å². The van der Waals surface area contributed by atoms with Gasteiger partial charge in [-0.15, -0.1) is 0 Å². The van der Waals surface area contributed by atoms with Crippen LogP contribution in [-0.2, 0) is 0 Å². The Morgan fingerprint density at radius 3 is 2.65 bits per heavy atom. The van der Waals surface area contributed by atoms with Crippen LogP contribution in [0.4, 0.5) is 5.82 Å². The van der Waals surface area contributed by atoms with Crippen molar-refractivity contribution in [1.29, 1.82) is 0 Å². The van der Waals surface area contributed by atoms with Crippen molar-refractivity contribution in [2.45, 2.75) is 58.3 Å². The van der Waals surface area contributed by atoms with Crippen LogP contribution in [-0.4, -0.2) is 16.5 Å². The quantitative estimate of drug-likeness (QED) is 0.842. The lowest BCUT2D eigenvalue weighted by Gasteiger charge is -2.25. The first-order valence-electron chi connectivity index (χ1n) is 6.83. The molecule has 1 aliphatic rings. The fraction of sp³-hybridized carbons (Fsp3) is 0.714. The van der Waals surface area contributed by atoms with E-state index in [2.05, 4.69) is 37.1 Å². The minimum Gasteiger partial charge on any atom is -0.370 e. The van der Waals surface area contributed by atoms with E-state index in [9.17, 15) is 0 Å². The second-order valence-electron chi connectivity index (χ2n) is 5.25. The van der Waals surface area contributed by atoms with Gasteiger partial charge >= 0.3 is 0 Å². The maximum atomic E-state index is 4.71. The highest BCUT2D eigenvalue weighted by molar-refractivity contribution is 5.37. The molecular formula is C14H23N3. The summed E-state index contributed by atoms with van der Waals surface area (Å²) < 4.78 is 0. The summed E-state index contributed by atoms with van der Waals surface area (Å²) in [6, 6.07) is 2.10. The van der Waals surface area contributed by atoms with Gasteiger partial charge in [0.25, 0.3) is 0 Å². The Balaban J connectivity index is 2.21. The van der Waals surface area contributed by atoms with Crippen LogP contribution in [0, 0.1) is 0 Å². The largest absolute Gasteiger partial charge is 0.370 e. The summed E-state index contributed by atoms with van der Waals surface area (Å²) in [5, 5.41) is 3.38. The molecule has 94 valence electrons. The molecule has 1 aromatic rings. The van der Waals surface area contributed by atoms with Crippen molar-refractivity contribution in [3.63, 3.8) is 0 Å². The zero-order valence-corrected chi connectivity index (χ0v) is 11.2. The van der Waals surface area contributed by atoms with Crippen LogP contribution in [0.1, 0.15) is 69.8 Å². The summed E-state index contributed by atoms with van der Waals surface area (Å²) in [5.74, 6) is 3.14. The van der Waals surface area contributed by atoms with Gasteiger partial charge in [-0.2, -0.15) is 0 Å². The van der Waals surface area contributed by atoms with Crippen LogP contribution >= 0.6 is 0 Å². The smallest absolute Gasteiger partial charge is 0.134 e. The molecule has 0 amide bonds. The summed E-state index contributed by atoms with van der Waals surface area (Å²) in [5.41, 5.74) is 1.17. The van der Waals surface area contributed by atoms with Crippen molar-refractivity contribution < 1.29 is 0 Å². The Labute approximate surface area is 104 Å². The SMILES string of the molecule is CCCNc1cc(C(C)C)nc(C2CCC2)n1. The molecule has 0 radical (unpaired) electrons. The van der Waals surface area contributed by atoms with Crippen LogP contribution in [0.15, 0.2) is 6.07 Å². The lowest BCUT2D eigenvalue weighted by atomic mass is 9.84. The van der Waals surface area contributed by atoms with Crippen LogP contribution in [0.2, 0.25) is 0 Å². The first-order chi connectivity index (χ1) is 8.20. The molecule has 0 saturated heterocycles. The number of hydrogen-bond acceptors (Lipinski definition) is 3. The number of nitrogens with zero attached hydrogens (tertiary/aromatic N) is 2. The second kappa shape index (κ2) is 5.48. The number of aromatic nitrogens is 2. The van der Waals surface area contributed by atoms with Gasteiger partial charge < -0.3 is 5.32 Å². The Morgan fingerprint density at radius 2 is 2.12 bits per heavy atom. The maximum Gasteiger partial charge on any atom is 0.134 e. The molecule has 0 aliphatic heterocycles. The van der Waals surface area contributed by atoms with E-state index in [1.165, 1.54) is 25.0 Å². The molecule has 0 aromatic carbocycles. The normalized spacial score (nSPS) is 16.0. The van der Waals surface area contributed by atoms with Crippen LogP contribution in [0.5, 0.6) is 0 Å². The second-order valence-corrected chi connectivity index (χ2v) is 5.25. The molecule has 0 atom stereocenters. The molecular weight excluding hydrogens is 210 g/mol. The summed E-state index contributed by atoms with van der Waals surface area (Å²) in [4.78, 5) is 9.36. The molecule has 0 unspecified atom stereocenters. The fourth-order valence-electron chi connectivity index (χ4n) is 1.97. The molecule has 0 bridgehead atoms. The molecule has 2 rings (SSSR count). The summed E-state index contributed by atoms with van der Waals surface area (Å²) in [7, 11) is 0. The van der Waals surface area contributed by atoms with Crippen LogP contribution < -0.4 is 5.32 Å². The van der Waals surface area contributed by atoms with Gasteiger partial charge in [-0.05, 0) is 25.2 Å². The molecule has 3 heteroatoms. The van der Waals surface area contributed by atoms with Crippen molar-refractivity contribution >= 4 is 5.82 Å². The zero-order valence-electron chi connectivity index (χ0n) is 11.2. The minimum absolute atomic E-state index is 0.471. The Bertz CT molecular complexity index is 370. The predicted molar refractivity (Wildman–Crippen MR) is 71.5 cm³/mol. The van der Waals surface area contributed by atoms with Gasteiger partial charge in [-0.25, -0.2) is 9.97 Å². The molecule has 1 heterocycles. The molecule has 17 heavy (non-hydrogen) atoms. The third-order valence-electron chi connectivity index (χ3n) is 3.38. The van der Waals surface area contributed by atoms with Gasteiger partial charge in [-0.3, -0.25) is 0 Å². The first-order valence-corrected chi connectivity index (χ1v) is 6.83. The highest BCUT2D eigenvalue weighted by atomic mass is 15.0. The van der Waals surface area contributed by atoms with Crippen molar-refractivity contribution in [2.75, 3.05) is 11.9 Å². The molecule has 1 saturated carbocycles. The summed E-state index contributed by atoms with van der Waals surface area (Å²) >= 11 is 0. The van der Waals surface area contributed by atoms with Crippen molar-refractivity contribution in [3.8, 4) is 0 Å². The average Bonchev–Trinajstić information content (AvgIpc) is 2.23. The number of rotatable bonds is 5. The lowest BCUT2D eigenvalue weighted by Crippen LogP contribution is -2.15. The minimum atomic E-state index is 0.471. The van der Waals surface area contributed by atoms with Gasteiger partial charge in [0.1, 0.15) is 11.6 Å². The van der Waals surface area contributed by atoms with Gasteiger partial charge in [0, 0.05) is 24.2 Å². The third-order valence-corrected chi connectivity index (χ3v) is 3.38. The molecule has 1 aliphatic carbocycles. The van der Waals surface area contributed by atoms with E-state index in [4.69, 9.17) is 4.98 Å². The average molecular weight is 233 g/mol. The number of hydrogen-bond donors (Lipinski definition) is 1. The Hall–Kier alpha value is -1.12. The van der Waals surface area contributed by atoms with E-state index in [-0.39, 0.29) is 0 Å².